The lowest BCUT2D eigenvalue weighted by atomic mass is 10.1. The second-order valence-corrected chi connectivity index (χ2v) is 3.58. The Morgan fingerprint density at radius 3 is 3.07 bits per heavy atom. The molecule has 0 fully saturated rings. The van der Waals surface area contributed by atoms with Crippen molar-refractivity contribution in [2.75, 3.05) is 6.54 Å². The van der Waals surface area contributed by atoms with E-state index in [0.717, 1.165) is 18.8 Å². The van der Waals surface area contributed by atoms with E-state index in [-0.39, 0.29) is 0 Å². The van der Waals surface area contributed by atoms with Crippen LogP contribution >= 0.6 is 0 Å². The molecule has 2 rings (SSSR count). The van der Waals surface area contributed by atoms with E-state index in [1.807, 2.05) is 12.3 Å². The summed E-state index contributed by atoms with van der Waals surface area (Å²) in [6.07, 6.45) is 5.96. The highest BCUT2D eigenvalue weighted by molar-refractivity contribution is 5.83. The fourth-order valence-corrected chi connectivity index (χ4v) is 1.62. The number of nitrogens with one attached hydrogen (secondary N) is 1. The van der Waals surface area contributed by atoms with Crippen molar-refractivity contribution < 1.29 is 0 Å². The first-order chi connectivity index (χ1) is 6.86. The third-order valence-corrected chi connectivity index (χ3v) is 2.44. The van der Waals surface area contributed by atoms with Gasteiger partial charge in [0, 0.05) is 25.4 Å². The molecule has 0 bridgehead atoms. The van der Waals surface area contributed by atoms with Crippen molar-refractivity contribution in [2.24, 2.45) is 4.99 Å². The molecule has 0 aromatic carbocycles. The van der Waals surface area contributed by atoms with E-state index < -0.39 is 0 Å². The highest BCUT2D eigenvalue weighted by Crippen LogP contribution is 2.12. The van der Waals surface area contributed by atoms with Gasteiger partial charge in [-0.1, -0.05) is 6.07 Å². The number of aromatic nitrogens is 1. The van der Waals surface area contributed by atoms with Crippen LogP contribution in [0.1, 0.15) is 31.4 Å². The van der Waals surface area contributed by atoms with Gasteiger partial charge in [0.1, 0.15) is 0 Å². The first-order valence-corrected chi connectivity index (χ1v) is 5.06. The van der Waals surface area contributed by atoms with Gasteiger partial charge >= 0.3 is 0 Å². The number of hydrogen-bond donors (Lipinski definition) is 1. The molecule has 1 aromatic heterocycles. The van der Waals surface area contributed by atoms with Crippen molar-refractivity contribution in [2.45, 2.75) is 25.8 Å². The topological polar surface area (TPSA) is 37.3 Å². The van der Waals surface area contributed by atoms with Gasteiger partial charge in [0.25, 0.3) is 0 Å². The summed E-state index contributed by atoms with van der Waals surface area (Å²) in [7, 11) is 0. The van der Waals surface area contributed by atoms with Crippen LogP contribution in [0.2, 0.25) is 0 Å². The molecular weight excluding hydrogens is 174 g/mol. The van der Waals surface area contributed by atoms with Gasteiger partial charge in [0.05, 0.1) is 11.9 Å². The number of amidine groups is 1. The molecule has 74 valence electrons. The molecule has 3 nitrogen and oxygen atoms in total. The van der Waals surface area contributed by atoms with Crippen molar-refractivity contribution in [1.29, 1.82) is 0 Å². The van der Waals surface area contributed by atoms with Gasteiger partial charge < -0.3 is 5.32 Å². The number of pyridine rings is 1. The molecule has 0 saturated heterocycles. The summed E-state index contributed by atoms with van der Waals surface area (Å²) >= 11 is 0. The number of hydrogen-bond acceptors (Lipinski definition) is 3. The molecule has 0 spiro atoms. The smallest absolute Gasteiger partial charge is 0.0968 e. The highest BCUT2D eigenvalue weighted by atomic mass is 15.0. The number of rotatable bonds is 2. The molecule has 1 atom stereocenters. The number of aliphatic imine (C=N–C) groups is 1. The van der Waals surface area contributed by atoms with Gasteiger partial charge in [-0.05, 0) is 25.0 Å². The van der Waals surface area contributed by atoms with Crippen molar-refractivity contribution in [3.05, 3.63) is 30.1 Å². The first kappa shape index (κ1) is 9.19. The molecule has 1 aliphatic heterocycles. The molecule has 1 N–H and O–H groups in total. The summed E-state index contributed by atoms with van der Waals surface area (Å²) in [6, 6.07) is 4.35. The summed E-state index contributed by atoms with van der Waals surface area (Å²) in [4.78, 5) is 8.49. The second-order valence-electron chi connectivity index (χ2n) is 3.58. The largest absolute Gasteiger partial charge is 0.367 e. The fourth-order valence-electron chi connectivity index (χ4n) is 1.62. The molecule has 1 aliphatic rings. The Morgan fingerprint density at radius 2 is 2.43 bits per heavy atom. The molecule has 0 amide bonds. The van der Waals surface area contributed by atoms with E-state index in [1.54, 1.807) is 6.20 Å². The maximum absolute atomic E-state index is 4.39. The Labute approximate surface area is 84.3 Å². The van der Waals surface area contributed by atoms with Crippen molar-refractivity contribution in [1.82, 2.24) is 10.3 Å². The highest BCUT2D eigenvalue weighted by Gasteiger charge is 2.10. The molecular formula is C11H15N3. The summed E-state index contributed by atoms with van der Waals surface area (Å²) < 4.78 is 0. The van der Waals surface area contributed by atoms with E-state index in [4.69, 9.17) is 0 Å². The molecule has 14 heavy (non-hydrogen) atoms. The summed E-state index contributed by atoms with van der Waals surface area (Å²) in [5.74, 6) is 1.14. The van der Waals surface area contributed by atoms with Crippen LogP contribution < -0.4 is 5.32 Å². The second kappa shape index (κ2) is 4.22. The maximum atomic E-state index is 4.39. The molecule has 0 saturated carbocycles. The van der Waals surface area contributed by atoms with Crippen LogP contribution in [0.4, 0.5) is 0 Å². The van der Waals surface area contributed by atoms with Crippen LogP contribution in [-0.2, 0) is 0 Å². The van der Waals surface area contributed by atoms with E-state index >= 15 is 0 Å². The van der Waals surface area contributed by atoms with Gasteiger partial charge in [-0.2, -0.15) is 0 Å². The minimum atomic E-state index is 0.306. The van der Waals surface area contributed by atoms with Gasteiger partial charge in [0.15, 0.2) is 0 Å². The van der Waals surface area contributed by atoms with Gasteiger partial charge in [0.2, 0.25) is 0 Å². The average Bonchev–Trinajstić information content (AvgIpc) is 2.72. The third-order valence-electron chi connectivity index (χ3n) is 2.44. The van der Waals surface area contributed by atoms with Crippen LogP contribution in [0.15, 0.2) is 29.5 Å². The van der Waals surface area contributed by atoms with Crippen LogP contribution in [0.3, 0.4) is 0 Å². The predicted octanol–water partition coefficient (Wildman–Crippen LogP) is 1.92. The van der Waals surface area contributed by atoms with Crippen LogP contribution in [0.5, 0.6) is 0 Å². The Morgan fingerprint density at radius 1 is 1.50 bits per heavy atom. The molecule has 1 aromatic rings. The lowest BCUT2D eigenvalue weighted by Gasteiger charge is -2.14. The molecule has 2 heterocycles. The molecule has 0 unspecified atom stereocenters. The van der Waals surface area contributed by atoms with E-state index in [0.29, 0.717) is 6.04 Å². The predicted molar refractivity (Wildman–Crippen MR) is 57.3 cm³/mol. The van der Waals surface area contributed by atoms with Crippen LogP contribution in [-0.4, -0.2) is 17.4 Å². The van der Waals surface area contributed by atoms with E-state index in [9.17, 15) is 0 Å². The average molecular weight is 189 g/mol. The summed E-state index contributed by atoms with van der Waals surface area (Å²) in [5, 5.41) is 3.41. The van der Waals surface area contributed by atoms with Gasteiger partial charge in [-0.3, -0.25) is 9.98 Å². The minimum absolute atomic E-state index is 0.306. The Hall–Kier alpha value is -1.38. The quantitative estimate of drug-likeness (QED) is 0.771. The SMILES string of the molecule is C[C@@H](NC1=NCCC1)c1cccnc1. The van der Waals surface area contributed by atoms with Crippen LogP contribution in [0.25, 0.3) is 0 Å². The summed E-state index contributed by atoms with van der Waals surface area (Å²) in [5.41, 5.74) is 1.21. The Balaban J connectivity index is 1.99. The monoisotopic (exact) mass is 189 g/mol. The minimum Gasteiger partial charge on any atom is -0.367 e. The Bertz CT molecular complexity index is 319. The van der Waals surface area contributed by atoms with Gasteiger partial charge in [-0.25, -0.2) is 0 Å². The Kier molecular flexibility index (Phi) is 2.77. The van der Waals surface area contributed by atoms with Crippen molar-refractivity contribution in [3.8, 4) is 0 Å². The lowest BCUT2D eigenvalue weighted by molar-refractivity contribution is 0.706. The van der Waals surface area contributed by atoms with Crippen LogP contribution in [0, 0.1) is 0 Å². The zero-order valence-corrected chi connectivity index (χ0v) is 8.40. The first-order valence-electron chi connectivity index (χ1n) is 5.06. The van der Waals surface area contributed by atoms with E-state index in [2.05, 4.69) is 28.3 Å². The summed E-state index contributed by atoms with van der Waals surface area (Å²) in [6.45, 7) is 3.11. The van der Waals surface area contributed by atoms with E-state index in [1.165, 1.54) is 12.0 Å². The molecule has 0 radical (unpaired) electrons. The zero-order chi connectivity index (χ0) is 9.80. The van der Waals surface area contributed by atoms with Crippen molar-refractivity contribution in [3.63, 3.8) is 0 Å². The maximum Gasteiger partial charge on any atom is 0.0968 e. The lowest BCUT2D eigenvalue weighted by Crippen LogP contribution is -2.24. The zero-order valence-electron chi connectivity index (χ0n) is 8.40. The standard InChI is InChI=1S/C11H15N3/c1-9(10-4-2-6-12-8-10)14-11-5-3-7-13-11/h2,4,6,8-9H,3,5,7H2,1H3,(H,13,14)/t9-/m1/s1. The molecule has 0 aliphatic carbocycles. The normalized spacial score (nSPS) is 17.6. The number of nitrogens with zero attached hydrogens (tertiary/aromatic N) is 2. The fraction of sp³-hybridized carbons (Fsp3) is 0.455. The van der Waals surface area contributed by atoms with Gasteiger partial charge in [-0.15, -0.1) is 0 Å². The van der Waals surface area contributed by atoms with Crippen molar-refractivity contribution >= 4 is 5.84 Å². The molecule has 3 heteroatoms. The third kappa shape index (κ3) is 2.10.